The standard InChI is InChI=1S/C55H40N4/c1-55(2)48-17-9-6-14-42(48)43-27-24-39(32-49(43)55)35-20-22-36(23-21-35)40-33-56-54(57-34-40)59-51-19-11-8-16-45(51)47-31-38(26-29-53(47)59)37-25-28-52-46(30-37)44-15-7-10-18-50(44)58(52)41-12-4-3-5-13-41/h3-25,27-34,38H,26H2,1-2H3. The molecule has 4 nitrogen and oxygen atoms in total. The van der Waals surface area contributed by atoms with E-state index < -0.39 is 0 Å². The van der Waals surface area contributed by atoms with Gasteiger partial charge in [0.05, 0.1) is 21.9 Å². The highest BCUT2D eigenvalue weighted by Gasteiger charge is 2.35. The average molecular weight is 757 g/mol. The van der Waals surface area contributed by atoms with Crippen LogP contribution in [0.3, 0.4) is 0 Å². The fourth-order valence-electron chi connectivity index (χ4n) is 10.0. The van der Waals surface area contributed by atoms with Crippen LogP contribution in [-0.2, 0) is 5.41 Å². The van der Waals surface area contributed by atoms with Crippen molar-refractivity contribution in [2.45, 2.75) is 31.6 Å². The predicted molar refractivity (Wildman–Crippen MR) is 244 cm³/mol. The number of aromatic nitrogens is 4. The van der Waals surface area contributed by atoms with Crippen molar-refractivity contribution in [3.8, 4) is 45.0 Å². The lowest BCUT2D eigenvalue weighted by Crippen LogP contribution is -2.32. The molecule has 3 aromatic heterocycles. The maximum absolute atomic E-state index is 4.99. The van der Waals surface area contributed by atoms with Crippen LogP contribution in [0.4, 0.5) is 0 Å². The Morgan fingerprint density at radius 1 is 0.508 bits per heavy atom. The molecule has 0 bridgehead atoms. The molecule has 280 valence electrons. The van der Waals surface area contributed by atoms with Gasteiger partial charge in [-0.2, -0.15) is 0 Å². The van der Waals surface area contributed by atoms with Crippen LogP contribution >= 0.6 is 0 Å². The van der Waals surface area contributed by atoms with E-state index in [2.05, 4.69) is 199 Å². The van der Waals surface area contributed by atoms with Crippen LogP contribution in [0, 0.1) is 0 Å². The van der Waals surface area contributed by atoms with E-state index in [-0.39, 0.29) is 11.3 Å². The predicted octanol–water partition coefficient (Wildman–Crippen LogP) is 11.9. The van der Waals surface area contributed by atoms with Gasteiger partial charge in [-0.1, -0.05) is 147 Å². The van der Waals surface area contributed by atoms with Gasteiger partial charge in [-0.05, 0) is 93.4 Å². The second kappa shape index (κ2) is 12.9. The maximum Gasteiger partial charge on any atom is 0.234 e. The molecule has 59 heavy (non-hydrogen) atoms. The summed E-state index contributed by atoms with van der Waals surface area (Å²) in [6.07, 6.45) is 9.66. The van der Waals surface area contributed by atoms with Crippen molar-refractivity contribution in [1.82, 2.24) is 19.1 Å². The summed E-state index contributed by atoms with van der Waals surface area (Å²) in [7, 11) is 0. The zero-order valence-corrected chi connectivity index (χ0v) is 33.0. The smallest absolute Gasteiger partial charge is 0.234 e. The van der Waals surface area contributed by atoms with E-state index in [1.54, 1.807) is 0 Å². The van der Waals surface area contributed by atoms with Crippen LogP contribution in [0.2, 0.25) is 0 Å². The molecule has 12 rings (SSSR count). The highest BCUT2D eigenvalue weighted by molar-refractivity contribution is 6.09. The molecule has 0 saturated carbocycles. The van der Waals surface area contributed by atoms with Crippen LogP contribution in [0.25, 0.3) is 89.9 Å². The quantitative estimate of drug-likeness (QED) is 0.175. The fraction of sp³-hybridized carbons (Fsp3) is 0.0909. The van der Waals surface area contributed by atoms with Crippen molar-refractivity contribution in [2.24, 2.45) is 0 Å². The summed E-state index contributed by atoms with van der Waals surface area (Å²) in [4.78, 5) is 9.99. The topological polar surface area (TPSA) is 35.6 Å². The van der Waals surface area contributed by atoms with Crippen LogP contribution in [0.5, 0.6) is 0 Å². The highest BCUT2D eigenvalue weighted by Crippen LogP contribution is 2.49. The number of rotatable bonds is 5. The molecule has 1 atom stereocenters. The number of hydrogen-bond acceptors (Lipinski definition) is 2. The number of benzene rings is 7. The Morgan fingerprint density at radius 3 is 1.93 bits per heavy atom. The van der Waals surface area contributed by atoms with Crippen molar-refractivity contribution in [1.29, 1.82) is 0 Å². The lowest BCUT2D eigenvalue weighted by atomic mass is 9.81. The monoisotopic (exact) mass is 756 g/mol. The van der Waals surface area contributed by atoms with Crippen LogP contribution in [0.15, 0.2) is 176 Å². The second-order valence-corrected chi connectivity index (χ2v) is 16.6. The molecule has 7 aromatic carbocycles. The van der Waals surface area contributed by atoms with Crippen molar-refractivity contribution in [2.75, 3.05) is 0 Å². The number of fused-ring (bicyclic) bond motifs is 9. The molecule has 0 saturated heterocycles. The van der Waals surface area contributed by atoms with Gasteiger partial charge in [0, 0.05) is 56.4 Å². The Hall–Kier alpha value is -7.30. The summed E-state index contributed by atoms with van der Waals surface area (Å²) in [6.45, 7) is 4.67. The third kappa shape index (κ3) is 5.16. The number of hydrogen-bond donors (Lipinski definition) is 0. The first-order chi connectivity index (χ1) is 29.0. The first kappa shape index (κ1) is 33.8. The minimum absolute atomic E-state index is 0.0236. The largest absolute Gasteiger partial charge is 0.309 e. The van der Waals surface area contributed by atoms with Gasteiger partial charge in [-0.15, -0.1) is 0 Å². The summed E-state index contributed by atoms with van der Waals surface area (Å²) >= 11 is 0. The summed E-state index contributed by atoms with van der Waals surface area (Å²) < 4.78 is 4.61. The van der Waals surface area contributed by atoms with Gasteiger partial charge in [0.2, 0.25) is 5.95 Å². The van der Waals surface area contributed by atoms with Crippen molar-refractivity contribution >= 4 is 44.9 Å². The number of nitrogens with zero attached hydrogens (tertiary/aromatic N) is 4. The molecule has 2 aliphatic carbocycles. The molecule has 0 radical (unpaired) electrons. The van der Waals surface area contributed by atoms with E-state index in [0.29, 0.717) is 5.95 Å². The minimum atomic E-state index is -0.0236. The van der Waals surface area contributed by atoms with Crippen LogP contribution in [-0.4, -0.2) is 19.1 Å². The Bertz CT molecular complexity index is 3420. The van der Waals surface area contributed by atoms with Gasteiger partial charge >= 0.3 is 0 Å². The Labute approximate surface area is 342 Å². The Morgan fingerprint density at radius 2 is 1.14 bits per heavy atom. The molecule has 1 unspecified atom stereocenters. The fourth-order valence-corrected chi connectivity index (χ4v) is 10.0. The molecular formula is C55H40N4. The molecule has 0 aliphatic heterocycles. The summed E-state index contributed by atoms with van der Waals surface area (Å²) in [5, 5.41) is 6.17. The van der Waals surface area contributed by atoms with Gasteiger partial charge in [-0.3, -0.25) is 4.57 Å². The van der Waals surface area contributed by atoms with Gasteiger partial charge in [0.15, 0.2) is 0 Å². The van der Waals surface area contributed by atoms with E-state index >= 15 is 0 Å². The molecular weight excluding hydrogens is 717 g/mol. The van der Waals surface area contributed by atoms with E-state index in [0.717, 1.165) is 28.4 Å². The number of para-hydroxylation sites is 3. The Kier molecular flexibility index (Phi) is 7.37. The van der Waals surface area contributed by atoms with Gasteiger partial charge in [0.1, 0.15) is 0 Å². The molecule has 0 fully saturated rings. The maximum atomic E-state index is 4.99. The van der Waals surface area contributed by atoms with E-state index in [1.165, 1.54) is 77.0 Å². The van der Waals surface area contributed by atoms with Crippen molar-refractivity contribution in [3.63, 3.8) is 0 Å². The SMILES string of the molecule is CC1(C)c2ccccc2-c2ccc(-c3ccc(-c4cnc(-n5c6c(c7ccccc75)=CC(c5ccc7c(c5)c5ccccc5n7-c5ccccc5)CC=6)nc4)cc3)cc21. The third-order valence-electron chi connectivity index (χ3n) is 13.0. The normalized spacial score (nSPS) is 15.1. The van der Waals surface area contributed by atoms with E-state index in [9.17, 15) is 0 Å². The summed E-state index contributed by atoms with van der Waals surface area (Å²) in [5.74, 6) is 0.929. The third-order valence-corrected chi connectivity index (χ3v) is 13.0. The van der Waals surface area contributed by atoms with Crippen LogP contribution < -0.4 is 10.6 Å². The molecule has 0 N–H and O–H groups in total. The van der Waals surface area contributed by atoms with Gasteiger partial charge in [-0.25, -0.2) is 9.97 Å². The average Bonchev–Trinajstić information content (AvgIpc) is 3.89. The molecule has 2 aliphatic rings. The first-order valence-electron chi connectivity index (χ1n) is 20.6. The second-order valence-electron chi connectivity index (χ2n) is 16.6. The molecule has 4 heteroatoms. The summed E-state index contributed by atoms with van der Waals surface area (Å²) in [5.41, 5.74) is 16.1. The Balaban J connectivity index is 0.869. The first-order valence-corrected chi connectivity index (χ1v) is 20.6. The summed E-state index contributed by atoms with van der Waals surface area (Å²) in [6, 6.07) is 59.7. The molecule has 10 aromatic rings. The lowest BCUT2D eigenvalue weighted by Gasteiger charge is -2.22. The van der Waals surface area contributed by atoms with Gasteiger partial charge in [0.25, 0.3) is 0 Å². The zero-order valence-electron chi connectivity index (χ0n) is 33.0. The molecule has 0 amide bonds. The van der Waals surface area contributed by atoms with Gasteiger partial charge < -0.3 is 4.57 Å². The molecule has 0 spiro atoms. The van der Waals surface area contributed by atoms with Crippen LogP contribution in [0.1, 0.15) is 42.9 Å². The highest BCUT2D eigenvalue weighted by atomic mass is 15.1. The minimum Gasteiger partial charge on any atom is -0.309 e. The van der Waals surface area contributed by atoms with E-state index in [1.807, 2.05) is 12.4 Å². The molecule has 3 heterocycles. The van der Waals surface area contributed by atoms with Crippen molar-refractivity contribution in [3.05, 3.63) is 203 Å². The lowest BCUT2D eigenvalue weighted by molar-refractivity contribution is 0.660. The zero-order chi connectivity index (χ0) is 39.2. The van der Waals surface area contributed by atoms with E-state index in [4.69, 9.17) is 9.97 Å². The van der Waals surface area contributed by atoms with Crippen molar-refractivity contribution < 1.29 is 0 Å².